The van der Waals surface area contributed by atoms with Crippen molar-refractivity contribution >= 4 is 5.97 Å². The maximum absolute atomic E-state index is 12.4. The first-order valence-electron chi connectivity index (χ1n) is 8.23. The molecule has 0 fully saturated rings. The summed E-state index contributed by atoms with van der Waals surface area (Å²) < 4.78 is 10.9. The van der Waals surface area contributed by atoms with Gasteiger partial charge >= 0.3 is 5.97 Å². The van der Waals surface area contributed by atoms with Gasteiger partial charge in [-0.2, -0.15) is 0 Å². The summed E-state index contributed by atoms with van der Waals surface area (Å²) in [5, 5.41) is 0. The Morgan fingerprint density at radius 3 is 1.81 bits per heavy atom. The average Bonchev–Trinajstić information content (AvgIpc) is 2.35. The van der Waals surface area contributed by atoms with Crippen LogP contribution >= 0.6 is 0 Å². The fourth-order valence-corrected chi connectivity index (χ4v) is 2.15. The highest BCUT2D eigenvalue weighted by atomic mass is 16.5. The molecule has 124 valence electrons. The van der Waals surface area contributed by atoms with Gasteiger partial charge in [0, 0.05) is 6.61 Å². The van der Waals surface area contributed by atoms with E-state index in [1.807, 2.05) is 20.8 Å². The maximum atomic E-state index is 12.4. The van der Waals surface area contributed by atoms with Gasteiger partial charge in [0.05, 0.1) is 18.8 Å². The summed E-state index contributed by atoms with van der Waals surface area (Å²) in [6.07, 6.45) is 1.86. The zero-order valence-corrected chi connectivity index (χ0v) is 15.0. The molecule has 0 radical (unpaired) electrons. The molecule has 0 aromatic rings. The van der Waals surface area contributed by atoms with E-state index < -0.39 is 0 Å². The van der Waals surface area contributed by atoms with E-state index in [1.54, 1.807) is 0 Å². The predicted molar refractivity (Wildman–Crippen MR) is 88.2 cm³/mol. The van der Waals surface area contributed by atoms with E-state index in [-0.39, 0.29) is 5.97 Å². The Morgan fingerprint density at radius 1 is 0.905 bits per heavy atom. The van der Waals surface area contributed by atoms with Crippen LogP contribution in [0.4, 0.5) is 0 Å². The van der Waals surface area contributed by atoms with Gasteiger partial charge in [-0.25, -0.2) is 4.79 Å². The number of allylic oxidation sites excluding steroid dienone is 1. The lowest BCUT2D eigenvalue weighted by molar-refractivity contribution is -0.140. The number of carbonyl (C=O) groups excluding carboxylic acids is 1. The van der Waals surface area contributed by atoms with Gasteiger partial charge < -0.3 is 9.47 Å². The van der Waals surface area contributed by atoms with Crippen LogP contribution in [0, 0.1) is 17.8 Å². The third kappa shape index (κ3) is 9.67. The van der Waals surface area contributed by atoms with Crippen molar-refractivity contribution in [3.63, 3.8) is 0 Å². The van der Waals surface area contributed by atoms with Gasteiger partial charge in [-0.1, -0.05) is 47.1 Å². The molecule has 0 bridgehead atoms. The van der Waals surface area contributed by atoms with Crippen LogP contribution in [-0.2, 0) is 14.3 Å². The van der Waals surface area contributed by atoms with Gasteiger partial charge in [0.15, 0.2) is 0 Å². The molecule has 0 aromatic carbocycles. The SMILES string of the molecule is CCOCC(C(=O)OCC(C)C)=C(CC(C)C)CC(C)C. The molecule has 0 aliphatic carbocycles. The van der Waals surface area contributed by atoms with E-state index in [0.29, 0.717) is 37.6 Å². The molecular weight excluding hydrogens is 264 g/mol. The summed E-state index contributed by atoms with van der Waals surface area (Å²) in [5.74, 6) is 1.19. The molecule has 0 aliphatic rings. The van der Waals surface area contributed by atoms with Crippen molar-refractivity contribution in [2.45, 2.75) is 61.3 Å². The Hall–Kier alpha value is -0.830. The van der Waals surface area contributed by atoms with Gasteiger partial charge in [0.2, 0.25) is 0 Å². The molecule has 0 aliphatic heterocycles. The predicted octanol–water partition coefficient (Wildman–Crippen LogP) is 4.61. The van der Waals surface area contributed by atoms with Crippen molar-refractivity contribution in [3.8, 4) is 0 Å². The third-order valence-corrected chi connectivity index (χ3v) is 2.98. The topological polar surface area (TPSA) is 35.5 Å². The highest BCUT2D eigenvalue weighted by Gasteiger charge is 2.19. The van der Waals surface area contributed by atoms with Crippen LogP contribution < -0.4 is 0 Å². The smallest absolute Gasteiger partial charge is 0.336 e. The molecule has 0 spiro atoms. The molecule has 0 atom stereocenters. The van der Waals surface area contributed by atoms with Crippen LogP contribution in [0.1, 0.15) is 61.3 Å². The number of hydrogen-bond acceptors (Lipinski definition) is 3. The van der Waals surface area contributed by atoms with Gasteiger partial charge in [0.25, 0.3) is 0 Å². The molecule has 0 aromatic heterocycles. The Balaban J connectivity index is 5.21. The molecule has 0 saturated carbocycles. The van der Waals surface area contributed by atoms with Gasteiger partial charge in [-0.15, -0.1) is 0 Å². The minimum atomic E-state index is -0.201. The first-order chi connectivity index (χ1) is 9.77. The van der Waals surface area contributed by atoms with Crippen molar-refractivity contribution < 1.29 is 14.3 Å². The number of hydrogen-bond donors (Lipinski definition) is 0. The Bertz CT molecular complexity index is 315. The highest BCUT2D eigenvalue weighted by molar-refractivity contribution is 5.89. The Kier molecular flexibility index (Phi) is 10.4. The second kappa shape index (κ2) is 10.8. The molecule has 3 heteroatoms. The van der Waals surface area contributed by atoms with Crippen molar-refractivity contribution in [2.75, 3.05) is 19.8 Å². The van der Waals surface area contributed by atoms with E-state index in [2.05, 4.69) is 27.7 Å². The molecule has 0 N–H and O–H groups in total. The van der Waals surface area contributed by atoms with E-state index in [0.717, 1.165) is 18.4 Å². The van der Waals surface area contributed by atoms with Crippen LogP contribution in [0.3, 0.4) is 0 Å². The van der Waals surface area contributed by atoms with Gasteiger partial charge in [-0.05, 0) is 37.5 Å². The summed E-state index contributed by atoms with van der Waals surface area (Å²) in [7, 11) is 0. The fraction of sp³-hybridized carbons (Fsp3) is 0.833. The second-order valence-electron chi connectivity index (χ2n) is 6.91. The fourth-order valence-electron chi connectivity index (χ4n) is 2.15. The van der Waals surface area contributed by atoms with Crippen LogP contribution in [0.2, 0.25) is 0 Å². The third-order valence-electron chi connectivity index (χ3n) is 2.98. The zero-order chi connectivity index (χ0) is 16.4. The van der Waals surface area contributed by atoms with E-state index in [1.165, 1.54) is 5.57 Å². The van der Waals surface area contributed by atoms with E-state index in [4.69, 9.17) is 9.47 Å². The second-order valence-corrected chi connectivity index (χ2v) is 6.91. The lowest BCUT2D eigenvalue weighted by Gasteiger charge is -2.19. The molecule has 0 rings (SSSR count). The van der Waals surface area contributed by atoms with E-state index >= 15 is 0 Å². The Morgan fingerprint density at radius 2 is 1.43 bits per heavy atom. The number of carbonyl (C=O) groups is 1. The van der Waals surface area contributed by atoms with Crippen LogP contribution in [0.15, 0.2) is 11.1 Å². The van der Waals surface area contributed by atoms with Crippen molar-refractivity contribution in [1.82, 2.24) is 0 Å². The first-order valence-corrected chi connectivity index (χ1v) is 8.23. The summed E-state index contributed by atoms with van der Waals surface area (Å²) in [6, 6.07) is 0. The van der Waals surface area contributed by atoms with Gasteiger partial charge in [0.1, 0.15) is 0 Å². The van der Waals surface area contributed by atoms with Crippen molar-refractivity contribution in [3.05, 3.63) is 11.1 Å². The van der Waals surface area contributed by atoms with E-state index in [9.17, 15) is 4.79 Å². The zero-order valence-electron chi connectivity index (χ0n) is 15.0. The molecule has 3 nitrogen and oxygen atoms in total. The first kappa shape index (κ1) is 20.2. The lowest BCUT2D eigenvalue weighted by Crippen LogP contribution is -2.19. The summed E-state index contributed by atoms with van der Waals surface area (Å²) >= 11 is 0. The summed E-state index contributed by atoms with van der Waals surface area (Å²) in [4.78, 5) is 12.4. The van der Waals surface area contributed by atoms with Crippen LogP contribution in [0.5, 0.6) is 0 Å². The number of ether oxygens (including phenoxy) is 2. The average molecular weight is 298 g/mol. The van der Waals surface area contributed by atoms with Gasteiger partial charge in [-0.3, -0.25) is 0 Å². The minimum Gasteiger partial charge on any atom is -0.462 e. The quantitative estimate of drug-likeness (QED) is 0.436. The summed E-state index contributed by atoms with van der Waals surface area (Å²) in [5.41, 5.74) is 1.93. The monoisotopic (exact) mass is 298 g/mol. The van der Waals surface area contributed by atoms with Crippen LogP contribution in [0.25, 0.3) is 0 Å². The van der Waals surface area contributed by atoms with Crippen LogP contribution in [-0.4, -0.2) is 25.8 Å². The van der Waals surface area contributed by atoms with Crippen molar-refractivity contribution in [2.24, 2.45) is 17.8 Å². The maximum Gasteiger partial charge on any atom is 0.336 e. The number of rotatable bonds is 10. The highest BCUT2D eigenvalue weighted by Crippen LogP contribution is 2.24. The molecule has 0 amide bonds. The minimum absolute atomic E-state index is 0.201. The Labute approximate surface area is 131 Å². The molecule has 21 heavy (non-hydrogen) atoms. The molecule has 0 heterocycles. The normalized spacial score (nSPS) is 11.3. The largest absolute Gasteiger partial charge is 0.462 e. The molecule has 0 unspecified atom stereocenters. The lowest BCUT2D eigenvalue weighted by atomic mass is 9.91. The number of esters is 1. The van der Waals surface area contributed by atoms with Crippen molar-refractivity contribution in [1.29, 1.82) is 0 Å². The molecular formula is C18H34O3. The standard InChI is InChI=1S/C18H34O3/c1-8-20-12-17(18(19)21-11-15(6)7)16(9-13(2)3)10-14(4)5/h13-15H,8-12H2,1-7H3. The molecule has 0 saturated heterocycles. The summed E-state index contributed by atoms with van der Waals surface area (Å²) in [6.45, 7) is 16.2.